The quantitative estimate of drug-likeness (QED) is 0.141. The van der Waals surface area contributed by atoms with Gasteiger partial charge in [0.2, 0.25) is 0 Å². The van der Waals surface area contributed by atoms with Gasteiger partial charge in [-0.25, -0.2) is 0 Å². The molecule has 0 aliphatic heterocycles. The normalized spacial score (nSPS) is 14.7. The minimum atomic E-state index is -0.784. The Morgan fingerprint density at radius 3 is 1.17 bits per heavy atom. The number of hydrogen-bond donors (Lipinski definition) is 2. The topological polar surface area (TPSA) is 93.1 Å². The molecule has 0 bridgehead atoms. The highest BCUT2D eigenvalue weighted by Gasteiger charge is 2.29. The van der Waals surface area contributed by atoms with Gasteiger partial charge in [0.1, 0.15) is 0 Å². The molecule has 4 rings (SSSR count). The van der Waals surface area contributed by atoms with E-state index < -0.39 is 12.2 Å². The van der Waals surface area contributed by atoms with E-state index in [0.717, 1.165) is 22.3 Å². The third-order valence-corrected chi connectivity index (χ3v) is 9.14. The van der Waals surface area contributed by atoms with Gasteiger partial charge in [0, 0.05) is 31.9 Å². The average molecular weight is 735 g/mol. The summed E-state index contributed by atoms with van der Waals surface area (Å²) in [7, 11) is 2.73. The van der Waals surface area contributed by atoms with Crippen molar-refractivity contribution in [3.8, 4) is 0 Å². The molecule has 0 saturated heterocycles. The maximum atomic E-state index is 11.8. The molecule has 0 saturated carbocycles. The van der Waals surface area contributed by atoms with Gasteiger partial charge in [0.15, 0.2) is 0 Å². The van der Waals surface area contributed by atoms with Gasteiger partial charge in [-0.05, 0) is 83.6 Å². The van der Waals surface area contributed by atoms with Crippen molar-refractivity contribution in [1.29, 1.82) is 0 Å². The Kier molecular flexibility index (Phi) is 15.7. The maximum absolute atomic E-state index is 11.8. The number of ether oxygens (including phenoxy) is 2. The Hall–Kier alpha value is -3.10. The third kappa shape index (κ3) is 11.5. The summed E-state index contributed by atoms with van der Waals surface area (Å²) in [6, 6.07) is 28.7. The first kappa shape index (κ1) is 39.3. The highest BCUT2D eigenvalue weighted by Crippen LogP contribution is 2.39. The smallest absolute Gasteiger partial charge is 0.308 e. The SMILES string of the molecule is COC(=O)C(C)CC(c1cccc(Cl)c1)C(O)c1ccc(Cl)cc1.COC(=O)C(C)C[C@@H](c1cccc(Cl)c1)[C@H](O)c1ccc(Cl)cc1. The largest absolute Gasteiger partial charge is 0.469 e. The lowest BCUT2D eigenvalue weighted by Gasteiger charge is -2.26. The maximum Gasteiger partial charge on any atom is 0.308 e. The molecule has 0 fully saturated rings. The van der Waals surface area contributed by atoms with Crippen molar-refractivity contribution in [2.75, 3.05) is 14.2 Å². The molecule has 0 aliphatic carbocycles. The fourth-order valence-corrected chi connectivity index (χ4v) is 6.16. The van der Waals surface area contributed by atoms with E-state index in [0.29, 0.717) is 32.9 Å². The van der Waals surface area contributed by atoms with E-state index >= 15 is 0 Å². The van der Waals surface area contributed by atoms with Crippen LogP contribution in [0.5, 0.6) is 0 Å². The molecule has 0 radical (unpaired) electrons. The number of aliphatic hydroxyl groups is 2. The van der Waals surface area contributed by atoms with E-state index in [-0.39, 0.29) is 35.6 Å². The molecular formula is C38H40Cl4O6. The number of benzene rings is 4. The Morgan fingerprint density at radius 1 is 0.542 bits per heavy atom. The van der Waals surface area contributed by atoms with E-state index in [1.54, 1.807) is 74.5 Å². The molecule has 6 nitrogen and oxygen atoms in total. The molecule has 0 aromatic heterocycles. The first-order valence-corrected chi connectivity index (χ1v) is 16.9. The second-order valence-electron chi connectivity index (χ2n) is 11.6. The van der Waals surface area contributed by atoms with Crippen LogP contribution in [0, 0.1) is 11.8 Å². The van der Waals surface area contributed by atoms with Crippen molar-refractivity contribution in [3.05, 3.63) is 139 Å². The van der Waals surface area contributed by atoms with Crippen LogP contribution in [0.15, 0.2) is 97.1 Å². The summed E-state index contributed by atoms with van der Waals surface area (Å²) in [5.41, 5.74) is 3.23. The number of carbonyl (C=O) groups excluding carboxylic acids is 2. The zero-order valence-corrected chi connectivity index (χ0v) is 30.2. The average Bonchev–Trinajstić information content (AvgIpc) is 3.08. The molecule has 6 atom stereocenters. The van der Waals surface area contributed by atoms with Crippen LogP contribution in [0.3, 0.4) is 0 Å². The Bertz CT molecular complexity index is 1490. The van der Waals surface area contributed by atoms with E-state index in [2.05, 4.69) is 0 Å². The fourth-order valence-electron chi connectivity index (χ4n) is 5.51. The molecule has 2 N–H and O–H groups in total. The van der Waals surface area contributed by atoms with Crippen LogP contribution in [-0.4, -0.2) is 36.4 Å². The summed E-state index contributed by atoms with van der Waals surface area (Å²) >= 11 is 24.0. The number of hydrogen-bond acceptors (Lipinski definition) is 6. The highest BCUT2D eigenvalue weighted by atomic mass is 35.5. The number of halogens is 4. The zero-order chi connectivity index (χ0) is 35.4. The van der Waals surface area contributed by atoms with Crippen molar-refractivity contribution in [3.63, 3.8) is 0 Å². The van der Waals surface area contributed by atoms with Gasteiger partial charge >= 0.3 is 11.9 Å². The van der Waals surface area contributed by atoms with Gasteiger partial charge in [0.05, 0.1) is 38.3 Å². The number of carbonyl (C=O) groups is 2. The van der Waals surface area contributed by atoms with E-state index in [9.17, 15) is 19.8 Å². The van der Waals surface area contributed by atoms with Gasteiger partial charge in [-0.3, -0.25) is 9.59 Å². The summed E-state index contributed by atoms with van der Waals surface area (Å²) in [5.74, 6) is -1.88. The molecule has 4 aromatic carbocycles. The number of rotatable bonds is 12. The molecular weight excluding hydrogens is 694 g/mol. The van der Waals surface area contributed by atoms with Crippen LogP contribution >= 0.6 is 46.4 Å². The summed E-state index contributed by atoms with van der Waals surface area (Å²) in [5, 5.41) is 24.1. The highest BCUT2D eigenvalue weighted by molar-refractivity contribution is 6.31. The predicted molar refractivity (Wildman–Crippen MR) is 193 cm³/mol. The van der Waals surface area contributed by atoms with Gasteiger partial charge in [-0.2, -0.15) is 0 Å². The molecule has 256 valence electrons. The van der Waals surface area contributed by atoms with Crippen LogP contribution in [0.1, 0.15) is 73.0 Å². The van der Waals surface area contributed by atoms with E-state index in [1.165, 1.54) is 14.2 Å². The molecule has 0 aliphatic rings. The van der Waals surface area contributed by atoms with Gasteiger partial charge in [-0.15, -0.1) is 0 Å². The first-order valence-electron chi connectivity index (χ1n) is 15.4. The predicted octanol–water partition coefficient (Wildman–Crippen LogP) is 10.0. The van der Waals surface area contributed by atoms with Gasteiger partial charge in [-0.1, -0.05) is 109 Å². The minimum absolute atomic E-state index is 0.293. The van der Waals surface area contributed by atoms with Crippen LogP contribution < -0.4 is 0 Å². The van der Waals surface area contributed by atoms with Crippen molar-refractivity contribution in [2.24, 2.45) is 11.8 Å². The Labute approximate surface area is 302 Å². The second kappa shape index (κ2) is 19.2. The summed E-state index contributed by atoms with van der Waals surface area (Å²) < 4.78 is 9.62. The minimum Gasteiger partial charge on any atom is -0.469 e. The molecule has 0 heterocycles. The third-order valence-electron chi connectivity index (χ3n) is 8.16. The molecule has 0 spiro atoms. The van der Waals surface area contributed by atoms with Crippen molar-refractivity contribution >= 4 is 58.3 Å². The lowest BCUT2D eigenvalue weighted by Crippen LogP contribution is -2.20. The molecule has 4 aromatic rings. The fraction of sp³-hybridized carbons (Fsp3) is 0.316. The standard InChI is InChI=1S/2C19H20Cl2O3/c2*1-12(19(23)24-2)10-17(14-4-3-5-16(21)11-14)18(22)13-6-8-15(20)9-7-13/h2*3-9,11-12,17-18,22H,10H2,1-2H3/t12?,17-,18+;/m0./s1. The van der Waals surface area contributed by atoms with Crippen molar-refractivity contribution in [1.82, 2.24) is 0 Å². The van der Waals surface area contributed by atoms with Crippen LogP contribution in [0.4, 0.5) is 0 Å². The Morgan fingerprint density at radius 2 is 0.875 bits per heavy atom. The summed E-state index contributed by atoms with van der Waals surface area (Å²) in [6.45, 7) is 3.58. The summed E-state index contributed by atoms with van der Waals surface area (Å²) in [4.78, 5) is 23.6. The lowest BCUT2D eigenvalue weighted by atomic mass is 9.82. The second-order valence-corrected chi connectivity index (χ2v) is 13.4. The van der Waals surface area contributed by atoms with E-state index in [1.807, 2.05) is 36.4 Å². The Balaban J connectivity index is 0.000000260. The van der Waals surface area contributed by atoms with Crippen LogP contribution in [0.25, 0.3) is 0 Å². The summed E-state index contributed by atoms with van der Waals surface area (Å²) in [6.07, 6.45) is -0.686. The molecule has 0 amide bonds. The number of aliphatic hydroxyl groups excluding tert-OH is 2. The van der Waals surface area contributed by atoms with Crippen LogP contribution in [-0.2, 0) is 19.1 Å². The first-order chi connectivity index (χ1) is 22.8. The lowest BCUT2D eigenvalue weighted by molar-refractivity contribution is -0.146. The number of esters is 2. The number of methoxy groups -OCH3 is 2. The van der Waals surface area contributed by atoms with Crippen LogP contribution in [0.2, 0.25) is 20.1 Å². The van der Waals surface area contributed by atoms with Crippen molar-refractivity contribution < 1.29 is 29.3 Å². The zero-order valence-electron chi connectivity index (χ0n) is 27.2. The monoisotopic (exact) mass is 732 g/mol. The van der Waals surface area contributed by atoms with Gasteiger partial charge < -0.3 is 19.7 Å². The molecule has 48 heavy (non-hydrogen) atoms. The van der Waals surface area contributed by atoms with E-state index in [4.69, 9.17) is 55.9 Å². The van der Waals surface area contributed by atoms with Gasteiger partial charge in [0.25, 0.3) is 0 Å². The van der Waals surface area contributed by atoms with Crippen molar-refractivity contribution in [2.45, 2.75) is 50.7 Å². The molecule has 4 unspecified atom stereocenters. The molecule has 10 heteroatoms.